The van der Waals surface area contributed by atoms with Crippen molar-refractivity contribution in [3.63, 3.8) is 0 Å². The molecule has 21 heteroatoms. The molecule has 0 aromatic heterocycles. The maximum atomic E-state index is 13.6. The standard InChI is InChI=1S/C30H46N8O13/c1-13(31)25(46)34-18(8-9-21(32)43)27(48)37-23(14(2)40)29(50)35-19(10-16-4-6-17(42)7-5-16)28(49)38-24(15(3)41)30(51)36-20(12-39)26(47)33-11-22(44)45/h4-7,13-15,18-20,23-24,39-42H,8-12,31H2,1-3H3,(H2,32,43)(H,33,47)(H,34,46)(H,35,50)(H,36,51)(H,37,48)(H,38,49)(H,44,45)/t13-,14+,15+,18-,19-,20-,23-,24-/m0/s1. The SMILES string of the molecule is C[C@H](N)C(=O)N[C@@H](CCC(N)=O)C(=O)N[C@H](C(=O)N[C@@H](Cc1ccc(O)cc1)C(=O)N[C@H](C(=O)N[C@@H](CO)C(=O)NCC(=O)O)[C@@H](C)O)[C@@H](C)O. The van der Waals surface area contributed by atoms with Crippen LogP contribution in [-0.2, 0) is 44.8 Å². The van der Waals surface area contributed by atoms with E-state index in [0.717, 1.165) is 13.8 Å². The van der Waals surface area contributed by atoms with Crippen molar-refractivity contribution in [2.75, 3.05) is 13.2 Å². The summed E-state index contributed by atoms with van der Waals surface area (Å²) < 4.78 is 0. The Hall–Kier alpha value is -5.38. The number of aliphatic hydroxyl groups excluding tert-OH is 3. The Labute approximate surface area is 291 Å². The first kappa shape index (κ1) is 43.6. The largest absolute Gasteiger partial charge is 0.508 e. The number of carboxylic acid groups (broad SMARTS) is 1. The van der Waals surface area contributed by atoms with Crippen LogP contribution in [0.25, 0.3) is 0 Å². The zero-order chi connectivity index (χ0) is 39.0. The van der Waals surface area contributed by atoms with Gasteiger partial charge in [0.15, 0.2) is 0 Å². The highest BCUT2D eigenvalue weighted by atomic mass is 16.4. The second kappa shape index (κ2) is 21.0. The summed E-state index contributed by atoms with van der Waals surface area (Å²) in [5, 5.41) is 62.0. The average molecular weight is 727 g/mol. The Morgan fingerprint density at radius 3 is 1.59 bits per heavy atom. The summed E-state index contributed by atoms with van der Waals surface area (Å²) in [5.74, 6) is -8.59. The van der Waals surface area contributed by atoms with Gasteiger partial charge in [-0.3, -0.25) is 38.4 Å². The van der Waals surface area contributed by atoms with Gasteiger partial charge in [-0.2, -0.15) is 0 Å². The van der Waals surface area contributed by atoms with Crippen molar-refractivity contribution in [2.45, 2.75) is 88.5 Å². The summed E-state index contributed by atoms with van der Waals surface area (Å²) >= 11 is 0. The molecular weight excluding hydrogens is 680 g/mol. The fourth-order valence-corrected chi connectivity index (χ4v) is 4.26. The fourth-order valence-electron chi connectivity index (χ4n) is 4.26. The van der Waals surface area contributed by atoms with Crippen molar-refractivity contribution in [3.8, 4) is 5.75 Å². The number of nitrogens with one attached hydrogen (secondary N) is 6. The Bertz CT molecular complexity index is 1400. The van der Waals surface area contributed by atoms with Crippen molar-refractivity contribution in [1.82, 2.24) is 31.9 Å². The van der Waals surface area contributed by atoms with Gasteiger partial charge in [-0.05, 0) is 44.9 Å². The molecular formula is C30H46N8O13. The fraction of sp³-hybridized carbons (Fsp3) is 0.533. The highest BCUT2D eigenvalue weighted by molar-refractivity contribution is 5.97. The van der Waals surface area contributed by atoms with Gasteiger partial charge in [-0.15, -0.1) is 0 Å². The smallest absolute Gasteiger partial charge is 0.322 e. The third-order valence-corrected chi connectivity index (χ3v) is 7.09. The number of primary amides is 1. The molecule has 0 spiro atoms. The number of carbonyl (C=O) groups excluding carboxylic acids is 7. The quantitative estimate of drug-likeness (QED) is 0.0561. The summed E-state index contributed by atoms with van der Waals surface area (Å²) in [5.41, 5.74) is 11.1. The van der Waals surface area contributed by atoms with Gasteiger partial charge in [0.1, 0.15) is 42.5 Å². The topological polar surface area (TPSA) is 362 Å². The highest BCUT2D eigenvalue weighted by Crippen LogP contribution is 2.12. The van der Waals surface area contributed by atoms with Crippen LogP contribution in [0, 0.1) is 0 Å². The molecule has 0 aliphatic heterocycles. The normalized spacial score (nSPS) is 15.6. The summed E-state index contributed by atoms with van der Waals surface area (Å²) in [6, 6.07) is -3.94. The maximum Gasteiger partial charge on any atom is 0.322 e. The van der Waals surface area contributed by atoms with E-state index in [-0.39, 0.29) is 25.0 Å². The third-order valence-electron chi connectivity index (χ3n) is 7.09. The lowest BCUT2D eigenvalue weighted by Gasteiger charge is -2.28. The van der Waals surface area contributed by atoms with Crippen LogP contribution in [0.2, 0.25) is 0 Å². The molecule has 15 N–H and O–H groups in total. The minimum absolute atomic E-state index is 0.126. The molecule has 1 aromatic carbocycles. The molecule has 0 bridgehead atoms. The number of carbonyl (C=O) groups is 8. The molecule has 1 rings (SSSR count). The Morgan fingerprint density at radius 2 is 1.16 bits per heavy atom. The van der Waals surface area contributed by atoms with Crippen molar-refractivity contribution in [1.29, 1.82) is 0 Å². The number of hydrogen-bond acceptors (Lipinski definition) is 13. The van der Waals surface area contributed by atoms with Crippen LogP contribution in [0.15, 0.2) is 24.3 Å². The Balaban J connectivity index is 3.33. The molecule has 0 heterocycles. The van der Waals surface area contributed by atoms with E-state index < -0.39 is 109 Å². The van der Waals surface area contributed by atoms with Crippen molar-refractivity contribution >= 4 is 47.3 Å². The molecule has 7 amide bonds. The number of nitrogens with two attached hydrogens (primary N) is 2. The molecule has 0 radical (unpaired) electrons. The number of hydrogen-bond donors (Lipinski definition) is 13. The first-order valence-corrected chi connectivity index (χ1v) is 15.6. The van der Waals surface area contributed by atoms with E-state index in [9.17, 15) is 58.8 Å². The van der Waals surface area contributed by atoms with E-state index in [4.69, 9.17) is 16.6 Å². The molecule has 0 fully saturated rings. The molecule has 51 heavy (non-hydrogen) atoms. The lowest BCUT2D eigenvalue weighted by molar-refractivity contribution is -0.139. The molecule has 0 saturated heterocycles. The molecule has 8 atom stereocenters. The lowest BCUT2D eigenvalue weighted by Crippen LogP contribution is -2.63. The van der Waals surface area contributed by atoms with Gasteiger partial charge in [0.2, 0.25) is 41.4 Å². The number of amides is 7. The van der Waals surface area contributed by atoms with Gasteiger partial charge in [0, 0.05) is 12.8 Å². The number of carboxylic acids is 1. The van der Waals surface area contributed by atoms with Gasteiger partial charge in [-0.25, -0.2) is 0 Å². The van der Waals surface area contributed by atoms with Gasteiger partial charge >= 0.3 is 5.97 Å². The second-order valence-electron chi connectivity index (χ2n) is 11.6. The first-order chi connectivity index (χ1) is 23.8. The number of aliphatic hydroxyl groups is 3. The summed E-state index contributed by atoms with van der Waals surface area (Å²) in [7, 11) is 0. The van der Waals surface area contributed by atoms with Crippen LogP contribution in [-0.4, -0.2) is 134 Å². The molecule has 284 valence electrons. The third kappa shape index (κ3) is 15.4. The van der Waals surface area contributed by atoms with Crippen LogP contribution in [0.3, 0.4) is 0 Å². The molecule has 21 nitrogen and oxygen atoms in total. The number of rotatable bonds is 21. The Morgan fingerprint density at radius 1 is 0.686 bits per heavy atom. The van der Waals surface area contributed by atoms with Gasteiger partial charge < -0.3 is 68.9 Å². The van der Waals surface area contributed by atoms with Gasteiger partial charge in [0.25, 0.3) is 0 Å². The average Bonchev–Trinajstić information content (AvgIpc) is 3.05. The van der Waals surface area contributed by atoms with E-state index in [1.54, 1.807) is 0 Å². The van der Waals surface area contributed by atoms with E-state index in [0.29, 0.717) is 5.56 Å². The van der Waals surface area contributed by atoms with Crippen LogP contribution in [0.1, 0.15) is 39.2 Å². The van der Waals surface area contributed by atoms with Crippen molar-refractivity contribution in [3.05, 3.63) is 29.8 Å². The highest BCUT2D eigenvalue weighted by Gasteiger charge is 2.35. The van der Waals surface area contributed by atoms with Crippen LogP contribution < -0.4 is 43.4 Å². The van der Waals surface area contributed by atoms with Crippen molar-refractivity contribution in [2.24, 2.45) is 11.5 Å². The maximum absolute atomic E-state index is 13.6. The van der Waals surface area contributed by atoms with Gasteiger partial charge in [-0.1, -0.05) is 12.1 Å². The number of phenolic OH excluding ortho intramolecular Hbond substituents is 1. The van der Waals surface area contributed by atoms with E-state index >= 15 is 0 Å². The second-order valence-corrected chi connectivity index (χ2v) is 11.6. The van der Waals surface area contributed by atoms with Crippen molar-refractivity contribution < 1.29 is 63.9 Å². The van der Waals surface area contributed by atoms with Crippen LogP contribution >= 0.6 is 0 Å². The number of aliphatic carboxylic acids is 1. The van der Waals surface area contributed by atoms with Crippen LogP contribution in [0.4, 0.5) is 0 Å². The van der Waals surface area contributed by atoms with Gasteiger partial charge in [0.05, 0.1) is 24.9 Å². The van der Waals surface area contributed by atoms with E-state index in [1.807, 2.05) is 5.32 Å². The molecule has 0 aliphatic rings. The molecule has 0 unspecified atom stereocenters. The molecule has 0 aliphatic carbocycles. The summed E-state index contributed by atoms with van der Waals surface area (Å²) in [6.45, 7) is 1.76. The zero-order valence-corrected chi connectivity index (χ0v) is 28.1. The Kier molecular flexibility index (Phi) is 17.9. The predicted molar refractivity (Wildman–Crippen MR) is 175 cm³/mol. The number of phenols is 1. The van der Waals surface area contributed by atoms with E-state index in [2.05, 4.69) is 26.6 Å². The molecule has 1 aromatic rings. The van der Waals surface area contributed by atoms with Crippen LogP contribution in [0.5, 0.6) is 5.75 Å². The zero-order valence-electron chi connectivity index (χ0n) is 28.1. The summed E-state index contributed by atoms with van der Waals surface area (Å²) in [4.78, 5) is 99.7. The number of aromatic hydroxyl groups is 1. The van der Waals surface area contributed by atoms with E-state index in [1.165, 1.54) is 31.2 Å². The minimum Gasteiger partial charge on any atom is -0.508 e. The lowest BCUT2D eigenvalue weighted by atomic mass is 10.0. The first-order valence-electron chi connectivity index (χ1n) is 15.6. The minimum atomic E-state index is -1.80. The summed E-state index contributed by atoms with van der Waals surface area (Å²) in [6.07, 6.45) is -4.18. The molecule has 0 saturated carbocycles. The predicted octanol–water partition coefficient (Wildman–Crippen LogP) is -6.07. The monoisotopic (exact) mass is 726 g/mol. The number of benzene rings is 1.